The summed E-state index contributed by atoms with van der Waals surface area (Å²) < 4.78 is 174. The van der Waals surface area contributed by atoms with Gasteiger partial charge in [0.25, 0.3) is 0 Å². The van der Waals surface area contributed by atoms with Crippen molar-refractivity contribution in [2.45, 2.75) is 35.8 Å². The van der Waals surface area contributed by atoms with Crippen molar-refractivity contribution in [3.8, 4) is 11.1 Å². The molecular weight excluding hydrogens is 587 g/mol. The Morgan fingerprint density at radius 3 is 1.53 bits per heavy atom. The lowest BCUT2D eigenvalue weighted by molar-refractivity contribution is -0.441. The van der Waals surface area contributed by atoms with Gasteiger partial charge in [0.15, 0.2) is 0 Å². The highest BCUT2D eigenvalue weighted by Gasteiger charge is 2.90. The van der Waals surface area contributed by atoms with Gasteiger partial charge in [0.2, 0.25) is 0 Å². The highest BCUT2D eigenvalue weighted by atomic mass is 79.9. The van der Waals surface area contributed by atoms with Crippen molar-refractivity contribution in [2.24, 2.45) is 0 Å². The van der Waals surface area contributed by atoms with Gasteiger partial charge >= 0.3 is 35.8 Å². The first kappa shape index (κ1) is 28.3. The first-order valence-electron chi connectivity index (χ1n) is 8.50. The standard InChI is InChI=1S/C19H8BrF13S/c20-13(34)12-8-10(6-7-11(12)9-4-2-1-3-5-9)14(21,22)15(23,24)16(25,26)17(27,28)18(29,30)19(31,32)33/h1-8H. The van der Waals surface area contributed by atoms with Gasteiger partial charge in [-0.05, 0) is 33.1 Å². The molecule has 0 aliphatic heterocycles. The first-order valence-corrected chi connectivity index (χ1v) is 9.70. The molecule has 0 unspecified atom stereocenters. The van der Waals surface area contributed by atoms with Crippen LogP contribution >= 0.6 is 28.1 Å². The van der Waals surface area contributed by atoms with Crippen LogP contribution in [0.25, 0.3) is 11.1 Å². The average Bonchev–Trinajstić information content (AvgIpc) is 2.72. The molecule has 0 saturated carbocycles. The van der Waals surface area contributed by atoms with Crippen LogP contribution in [0.15, 0.2) is 48.5 Å². The van der Waals surface area contributed by atoms with Crippen LogP contribution in [0.2, 0.25) is 0 Å². The highest BCUT2D eigenvalue weighted by Crippen LogP contribution is 2.62. The number of thiocarbonyl (C=S) groups is 1. The number of rotatable bonds is 7. The highest BCUT2D eigenvalue weighted by molar-refractivity contribution is 9.20. The van der Waals surface area contributed by atoms with Crippen LogP contribution in [0, 0.1) is 0 Å². The molecule has 188 valence electrons. The quantitative estimate of drug-likeness (QED) is 0.176. The Labute approximate surface area is 195 Å². The average molecular weight is 595 g/mol. The lowest BCUT2D eigenvalue weighted by Crippen LogP contribution is -2.69. The van der Waals surface area contributed by atoms with Crippen LogP contribution in [0.3, 0.4) is 0 Å². The second-order valence-electron chi connectivity index (χ2n) is 6.77. The van der Waals surface area contributed by atoms with E-state index in [4.69, 9.17) is 12.2 Å². The Balaban J connectivity index is 2.68. The van der Waals surface area contributed by atoms with Gasteiger partial charge in [-0.1, -0.05) is 54.7 Å². The van der Waals surface area contributed by atoms with Gasteiger partial charge in [-0.2, -0.15) is 57.1 Å². The fourth-order valence-corrected chi connectivity index (χ4v) is 3.22. The largest absolute Gasteiger partial charge is 0.460 e. The number of halogens is 14. The molecule has 0 N–H and O–H groups in total. The summed E-state index contributed by atoms with van der Waals surface area (Å²) in [6.07, 6.45) is -7.46. The van der Waals surface area contributed by atoms with E-state index < -0.39 is 50.7 Å². The molecular formula is C19H8BrF13S. The summed E-state index contributed by atoms with van der Waals surface area (Å²) in [5, 5.41) is 0. The zero-order chi connectivity index (χ0) is 26.5. The molecule has 0 saturated heterocycles. The smallest absolute Gasteiger partial charge is 0.194 e. The van der Waals surface area contributed by atoms with Crippen LogP contribution in [-0.2, 0) is 5.92 Å². The van der Waals surface area contributed by atoms with Crippen molar-refractivity contribution in [3.05, 3.63) is 59.7 Å². The molecule has 0 aliphatic rings. The summed E-state index contributed by atoms with van der Waals surface area (Å²) >= 11 is 7.45. The van der Waals surface area contributed by atoms with Crippen molar-refractivity contribution in [1.29, 1.82) is 0 Å². The molecule has 0 spiro atoms. The Hall–Kier alpha value is -1.90. The predicted octanol–water partition coefficient (Wildman–Crippen LogP) is 8.62. The van der Waals surface area contributed by atoms with E-state index in [1.165, 1.54) is 30.3 Å². The summed E-state index contributed by atoms with van der Waals surface area (Å²) in [5.74, 6) is -37.4. The minimum Gasteiger partial charge on any atom is -0.194 e. The Kier molecular flexibility index (Phi) is 7.20. The zero-order valence-corrected chi connectivity index (χ0v) is 18.2. The molecule has 2 aromatic rings. The number of hydrogen-bond donors (Lipinski definition) is 0. The van der Waals surface area contributed by atoms with Crippen molar-refractivity contribution >= 4 is 31.9 Å². The fraction of sp³-hybridized carbons (Fsp3) is 0.316. The van der Waals surface area contributed by atoms with Crippen LogP contribution in [0.5, 0.6) is 0 Å². The SMILES string of the molecule is FC(F)(F)C(F)(F)C(F)(F)C(F)(F)C(F)(F)C(F)(F)c1ccc(-c2ccccc2)c(C(=S)Br)c1. The van der Waals surface area contributed by atoms with Gasteiger partial charge in [-0.25, -0.2) is 0 Å². The Bertz CT molecular complexity index is 1060. The van der Waals surface area contributed by atoms with E-state index in [0.717, 1.165) is 0 Å². The molecule has 0 amide bonds. The summed E-state index contributed by atoms with van der Waals surface area (Å²) in [5.41, 5.74) is -2.32. The molecule has 0 radical (unpaired) electrons. The van der Waals surface area contributed by atoms with Gasteiger partial charge in [-0.3, -0.25) is 0 Å². The summed E-state index contributed by atoms with van der Waals surface area (Å²) in [4.78, 5) is 0. The van der Waals surface area contributed by atoms with Crippen molar-refractivity contribution < 1.29 is 57.1 Å². The Morgan fingerprint density at radius 1 is 0.618 bits per heavy atom. The van der Waals surface area contributed by atoms with Gasteiger partial charge in [0, 0.05) is 11.1 Å². The van der Waals surface area contributed by atoms with E-state index in [9.17, 15) is 57.1 Å². The van der Waals surface area contributed by atoms with Crippen LogP contribution in [0.4, 0.5) is 57.1 Å². The third kappa shape index (κ3) is 4.18. The van der Waals surface area contributed by atoms with E-state index >= 15 is 0 Å². The topological polar surface area (TPSA) is 0 Å². The van der Waals surface area contributed by atoms with E-state index in [1.54, 1.807) is 0 Å². The van der Waals surface area contributed by atoms with Gasteiger partial charge in [0.05, 0.1) is 3.77 Å². The van der Waals surface area contributed by atoms with Crippen molar-refractivity contribution in [3.63, 3.8) is 0 Å². The molecule has 2 aromatic carbocycles. The summed E-state index contributed by atoms with van der Waals surface area (Å²) in [6, 6.07) is 8.17. The van der Waals surface area contributed by atoms with Gasteiger partial charge in [-0.15, -0.1) is 0 Å². The number of benzene rings is 2. The summed E-state index contributed by atoms with van der Waals surface area (Å²) in [7, 11) is 0. The minimum atomic E-state index is -7.96. The monoisotopic (exact) mass is 594 g/mol. The number of alkyl halides is 13. The summed E-state index contributed by atoms with van der Waals surface area (Å²) in [6.45, 7) is 0. The second kappa shape index (κ2) is 8.64. The van der Waals surface area contributed by atoms with Crippen molar-refractivity contribution in [2.75, 3.05) is 0 Å². The predicted molar refractivity (Wildman–Crippen MR) is 102 cm³/mol. The number of hydrogen-bond acceptors (Lipinski definition) is 1. The van der Waals surface area contributed by atoms with Crippen LogP contribution < -0.4 is 0 Å². The minimum absolute atomic E-state index is 0.00830. The van der Waals surface area contributed by atoms with Crippen LogP contribution in [-0.4, -0.2) is 33.6 Å². The maximum Gasteiger partial charge on any atom is 0.460 e. The lowest BCUT2D eigenvalue weighted by Gasteiger charge is -2.39. The molecule has 0 nitrogen and oxygen atoms in total. The first-order chi connectivity index (χ1) is 15.1. The molecule has 34 heavy (non-hydrogen) atoms. The molecule has 0 aliphatic carbocycles. The van der Waals surface area contributed by atoms with E-state index in [-0.39, 0.29) is 23.3 Å². The second-order valence-corrected chi connectivity index (χ2v) is 8.50. The normalized spacial score (nSPS) is 14.3. The molecule has 2 rings (SSSR count). The van der Waals surface area contributed by atoms with Gasteiger partial charge in [0.1, 0.15) is 0 Å². The molecule has 0 bridgehead atoms. The zero-order valence-electron chi connectivity index (χ0n) is 15.8. The Morgan fingerprint density at radius 2 is 1.09 bits per heavy atom. The fourth-order valence-electron chi connectivity index (χ4n) is 2.72. The molecule has 0 fully saturated rings. The lowest BCUT2D eigenvalue weighted by atomic mass is 9.88. The molecule has 0 heterocycles. The van der Waals surface area contributed by atoms with E-state index in [2.05, 4.69) is 15.9 Å². The molecule has 0 aromatic heterocycles. The molecule has 15 heteroatoms. The van der Waals surface area contributed by atoms with Crippen LogP contribution in [0.1, 0.15) is 11.1 Å². The maximum atomic E-state index is 14.5. The van der Waals surface area contributed by atoms with Crippen molar-refractivity contribution in [1.82, 2.24) is 0 Å². The van der Waals surface area contributed by atoms with E-state index in [0.29, 0.717) is 6.07 Å². The third-order valence-electron chi connectivity index (χ3n) is 4.61. The molecule has 0 atom stereocenters. The maximum absolute atomic E-state index is 14.5. The third-order valence-corrected chi connectivity index (χ3v) is 5.26. The van der Waals surface area contributed by atoms with Gasteiger partial charge < -0.3 is 0 Å². The van der Waals surface area contributed by atoms with E-state index in [1.807, 2.05) is 0 Å².